The molecule has 0 aliphatic heterocycles. The average molecular weight is 443 g/mol. The number of carbonyl (C=O) groups excluding carboxylic acids is 1. The molecule has 1 aromatic heterocycles. The number of nitrogens with one attached hydrogen (secondary N) is 1. The molecule has 2 bridgehead atoms. The maximum atomic E-state index is 12.6. The number of aromatic nitrogens is 2. The molecule has 31 heavy (non-hydrogen) atoms. The predicted molar refractivity (Wildman–Crippen MR) is 125 cm³/mol. The van der Waals surface area contributed by atoms with E-state index in [1.165, 1.54) is 30.3 Å². The molecule has 2 saturated carbocycles. The van der Waals surface area contributed by atoms with Crippen molar-refractivity contribution in [1.82, 2.24) is 15.5 Å². The Morgan fingerprint density at radius 3 is 2.48 bits per heavy atom. The van der Waals surface area contributed by atoms with Gasteiger partial charge in [-0.15, -0.1) is 10.2 Å². The van der Waals surface area contributed by atoms with E-state index in [2.05, 4.69) is 67.2 Å². The number of carbonyl (C=O) groups is 1. The highest BCUT2D eigenvalue weighted by atomic mass is 32.2. The van der Waals surface area contributed by atoms with Crippen molar-refractivity contribution in [2.24, 2.45) is 16.7 Å². The van der Waals surface area contributed by atoms with Crippen molar-refractivity contribution < 1.29 is 9.21 Å². The van der Waals surface area contributed by atoms with Crippen LogP contribution in [0.25, 0.3) is 11.5 Å². The first kappa shape index (κ1) is 22.2. The standard InChI is InChI=1S/C24H34N4O2S/c1-6-28(7-2)18-10-8-16(9-11-18)21-26-27-22(30-21)31-15-20(29)25-19-14-17-12-13-24(19,5)23(17,3)4/h8-11,17,19H,6-7,12-15H2,1-5H3,(H,25,29). The van der Waals surface area contributed by atoms with Crippen LogP contribution in [0.15, 0.2) is 33.9 Å². The zero-order valence-electron chi connectivity index (χ0n) is 19.3. The van der Waals surface area contributed by atoms with Crippen LogP contribution in [0, 0.1) is 16.7 Å². The van der Waals surface area contributed by atoms with Crippen LogP contribution in [-0.4, -0.2) is 41.0 Å². The second kappa shape index (κ2) is 8.49. The molecule has 0 spiro atoms. The van der Waals surface area contributed by atoms with Gasteiger partial charge in [0.25, 0.3) is 5.22 Å². The Balaban J connectivity index is 1.32. The van der Waals surface area contributed by atoms with E-state index in [0.29, 0.717) is 28.2 Å². The smallest absolute Gasteiger partial charge is 0.277 e. The fraction of sp³-hybridized carbons (Fsp3) is 0.625. The van der Waals surface area contributed by atoms with E-state index in [-0.39, 0.29) is 17.4 Å². The summed E-state index contributed by atoms with van der Waals surface area (Å²) in [5, 5.41) is 12.0. The zero-order valence-corrected chi connectivity index (χ0v) is 20.1. The molecule has 2 fully saturated rings. The SMILES string of the molecule is CCN(CC)c1ccc(-c2nnc(SCC(=O)NC3CC4CCC3(C)C4(C)C)o2)cc1. The third-order valence-corrected chi connectivity index (χ3v) is 8.92. The van der Waals surface area contributed by atoms with Gasteiger partial charge in [0, 0.05) is 30.4 Å². The molecule has 1 heterocycles. The Hall–Kier alpha value is -2.02. The molecule has 6 nitrogen and oxygen atoms in total. The lowest BCUT2D eigenvalue weighted by Gasteiger charge is -2.39. The Kier molecular flexibility index (Phi) is 6.08. The third-order valence-electron chi connectivity index (χ3n) is 8.11. The molecule has 7 heteroatoms. The van der Waals surface area contributed by atoms with Gasteiger partial charge in [-0.3, -0.25) is 4.79 Å². The summed E-state index contributed by atoms with van der Waals surface area (Å²) in [7, 11) is 0. The molecular weight excluding hydrogens is 408 g/mol. The van der Waals surface area contributed by atoms with E-state index in [0.717, 1.165) is 25.1 Å². The Bertz CT molecular complexity index is 922. The number of rotatable bonds is 8. The van der Waals surface area contributed by atoms with Crippen LogP contribution in [0.1, 0.15) is 53.9 Å². The summed E-state index contributed by atoms with van der Waals surface area (Å²) in [5.74, 6) is 1.53. The fourth-order valence-corrected chi connectivity index (χ4v) is 6.15. The van der Waals surface area contributed by atoms with Gasteiger partial charge in [-0.05, 0) is 74.1 Å². The molecule has 2 aliphatic rings. The summed E-state index contributed by atoms with van der Waals surface area (Å²) in [6.45, 7) is 13.3. The predicted octanol–water partition coefficient (Wildman–Crippen LogP) is 5.01. The van der Waals surface area contributed by atoms with Crippen LogP contribution in [0.4, 0.5) is 5.69 Å². The van der Waals surface area contributed by atoms with Crippen molar-refractivity contribution in [3.8, 4) is 11.5 Å². The van der Waals surface area contributed by atoms with Crippen LogP contribution < -0.4 is 10.2 Å². The van der Waals surface area contributed by atoms with Crippen molar-refractivity contribution in [1.29, 1.82) is 0 Å². The molecular formula is C24H34N4O2S. The molecule has 3 unspecified atom stereocenters. The third kappa shape index (κ3) is 3.97. The maximum Gasteiger partial charge on any atom is 0.277 e. The van der Waals surface area contributed by atoms with Crippen LogP contribution in [-0.2, 0) is 4.79 Å². The summed E-state index contributed by atoms with van der Waals surface area (Å²) < 4.78 is 5.79. The lowest BCUT2D eigenvalue weighted by atomic mass is 9.69. The largest absolute Gasteiger partial charge is 0.411 e. The molecule has 1 amide bonds. The molecule has 168 valence electrons. The first-order valence-corrected chi connectivity index (χ1v) is 12.4. The first-order chi connectivity index (χ1) is 14.8. The van der Waals surface area contributed by atoms with Crippen molar-refractivity contribution in [2.45, 2.75) is 65.1 Å². The van der Waals surface area contributed by atoms with Crippen LogP contribution >= 0.6 is 11.8 Å². The minimum absolute atomic E-state index is 0.0444. The van der Waals surface area contributed by atoms with Crippen LogP contribution in [0.3, 0.4) is 0 Å². The van der Waals surface area contributed by atoms with Gasteiger partial charge in [-0.2, -0.15) is 0 Å². The summed E-state index contributed by atoms with van der Waals surface area (Å²) >= 11 is 1.30. The van der Waals surface area contributed by atoms with Crippen molar-refractivity contribution in [3.05, 3.63) is 24.3 Å². The van der Waals surface area contributed by atoms with Gasteiger partial charge >= 0.3 is 0 Å². The molecule has 2 aromatic rings. The molecule has 1 aromatic carbocycles. The number of benzene rings is 1. The number of hydrogen-bond donors (Lipinski definition) is 1. The molecule has 1 N–H and O–H groups in total. The Labute approximate surface area is 189 Å². The van der Waals surface area contributed by atoms with Crippen molar-refractivity contribution in [2.75, 3.05) is 23.7 Å². The Morgan fingerprint density at radius 1 is 1.19 bits per heavy atom. The second-order valence-electron chi connectivity index (χ2n) is 9.61. The Morgan fingerprint density at radius 2 is 1.90 bits per heavy atom. The lowest BCUT2D eigenvalue weighted by molar-refractivity contribution is -0.120. The number of hydrogen-bond acceptors (Lipinski definition) is 6. The van der Waals surface area contributed by atoms with E-state index < -0.39 is 0 Å². The lowest BCUT2D eigenvalue weighted by Crippen LogP contribution is -2.47. The number of thioether (sulfide) groups is 1. The molecule has 3 atom stereocenters. The number of nitrogens with zero attached hydrogens (tertiary/aromatic N) is 3. The highest BCUT2D eigenvalue weighted by Crippen LogP contribution is 2.65. The van der Waals surface area contributed by atoms with Crippen LogP contribution in [0.5, 0.6) is 0 Å². The summed E-state index contributed by atoms with van der Waals surface area (Å²) in [6, 6.07) is 8.41. The van der Waals surface area contributed by atoms with Gasteiger partial charge in [0.15, 0.2) is 0 Å². The van der Waals surface area contributed by atoms with Gasteiger partial charge < -0.3 is 14.6 Å². The normalized spacial score (nSPS) is 26.2. The van der Waals surface area contributed by atoms with E-state index in [1.54, 1.807) is 0 Å². The quantitative estimate of drug-likeness (QED) is 0.580. The van der Waals surface area contributed by atoms with Gasteiger partial charge in [0.1, 0.15) is 0 Å². The zero-order chi connectivity index (χ0) is 22.2. The van der Waals surface area contributed by atoms with E-state index in [9.17, 15) is 4.79 Å². The summed E-state index contributed by atoms with van der Waals surface area (Å²) in [6.07, 6.45) is 3.57. The van der Waals surface area contributed by atoms with E-state index in [4.69, 9.17) is 4.42 Å². The monoisotopic (exact) mass is 442 g/mol. The highest BCUT2D eigenvalue weighted by Gasteiger charge is 2.61. The average Bonchev–Trinajstić information content (AvgIpc) is 3.37. The van der Waals surface area contributed by atoms with Gasteiger partial charge in [0.2, 0.25) is 11.8 Å². The number of anilines is 1. The van der Waals surface area contributed by atoms with Gasteiger partial charge in [-0.25, -0.2) is 0 Å². The summed E-state index contributed by atoms with van der Waals surface area (Å²) in [4.78, 5) is 14.9. The van der Waals surface area contributed by atoms with Gasteiger partial charge in [-0.1, -0.05) is 32.5 Å². The van der Waals surface area contributed by atoms with Crippen molar-refractivity contribution >= 4 is 23.4 Å². The van der Waals surface area contributed by atoms with Crippen LogP contribution in [0.2, 0.25) is 0 Å². The van der Waals surface area contributed by atoms with E-state index in [1.807, 2.05) is 12.1 Å². The minimum atomic E-state index is 0.0444. The topological polar surface area (TPSA) is 71.3 Å². The number of amides is 1. The minimum Gasteiger partial charge on any atom is -0.411 e. The molecule has 0 radical (unpaired) electrons. The fourth-order valence-electron chi connectivity index (χ4n) is 5.57. The highest BCUT2D eigenvalue weighted by molar-refractivity contribution is 7.99. The molecule has 2 aliphatic carbocycles. The maximum absolute atomic E-state index is 12.6. The van der Waals surface area contributed by atoms with E-state index >= 15 is 0 Å². The van der Waals surface area contributed by atoms with Crippen molar-refractivity contribution in [3.63, 3.8) is 0 Å². The molecule has 0 saturated heterocycles. The van der Waals surface area contributed by atoms with Gasteiger partial charge in [0.05, 0.1) is 5.75 Å². The first-order valence-electron chi connectivity index (χ1n) is 11.4. The second-order valence-corrected chi connectivity index (χ2v) is 10.5. The number of fused-ring (bicyclic) bond motifs is 2. The molecule has 4 rings (SSSR count). The summed E-state index contributed by atoms with van der Waals surface area (Å²) in [5.41, 5.74) is 2.54.